The number of aromatic nitrogens is 4. The Balaban J connectivity index is 2.20. The Morgan fingerprint density at radius 3 is 2.88 bits per heavy atom. The largest absolute Gasteiger partial charge is 0.388 e. The highest BCUT2D eigenvalue weighted by Crippen LogP contribution is 2.27. The lowest BCUT2D eigenvalue weighted by atomic mass is 10.0. The number of halogens is 1. The third-order valence-electron chi connectivity index (χ3n) is 2.51. The van der Waals surface area contributed by atoms with Gasteiger partial charge in [-0.3, -0.25) is 0 Å². The molecule has 0 aliphatic carbocycles. The summed E-state index contributed by atoms with van der Waals surface area (Å²) in [4.78, 5) is 1.36. The lowest BCUT2D eigenvalue weighted by Gasteiger charge is -2.12. The third kappa shape index (κ3) is 2.62. The molecule has 1 aromatic carbocycles. The van der Waals surface area contributed by atoms with Gasteiger partial charge in [-0.25, -0.2) is 0 Å². The fourth-order valence-corrected chi connectivity index (χ4v) is 1.87. The van der Waals surface area contributed by atoms with Crippen molar-refractivity contribution in [3.8, 4) is 0 Å². The predicted molar refractivity (Wildman–Crippen MR) is 63.7 cm³/mol. The van der Waals surface area contributed by atoms with Crippen LogP contribution in [0.2, 0.25) is 5.02 Å². The molecular formula is C11H13ClN4O. The first-order chi connectivity index (χ1) is 8.08. The Labute approximate surface area is 104 Å². The molecule has 1 aromatic heterocycles. The maximum absolute atomic E-state index is 10.1. The van der Waals surface area contributed by atoms with Crippen molar-refractivity contribution in [2.75, 3.05) is 0 Å². The topological polar surface area (TPSA) is 63.8 Å². The molecule has 1 N–H and O–H groups in total. The van der Waals surface area contributed by atoms with E-state index < -0.39 is 6.10 Å². The molecule has 90 valence electrons. The Morgan fingerprint density at radius 1 is 1.47 bits per heavy atom. The highest BCUT2D eigenvalue weighted by molar-refractivity contribution is 6.32. The summed E-state index contributed by atoms with van der Waals surface area (Å²) in [5.74, 6) is 0.498. The monoisotopic (exact) mass is 252 g/mol. The highest BCUT2D eigenvalue weighted by Gasteiger charge is 2.15. The van der Waals surface area contributed by atoms with Crippen LogP contribution in [0.25, 0.3) is 0 Å². The molecule has 17 heavy (non-hydrogen) atoms. The van der Waals surface area contributed by atoms with Gasteiger partial charge in [-0.1, -0.05) is 29.8 Å². The van der Waals surface area contributed by atoms with Crippen LogP contribution >= 0.6 is 11.6 Å². The second-order valence-electron chi connectivity index (χ2n) is 3.89. The third-order valence-corrected chi connectivity index (χ3v) is 3.02. The smallest absolute Gasteiger partial charge is 0.177 e. The first-order valence-electron chi connectivity index (χ1n) is 5.24. The van der Waals surface area contributed by atoms with Crippen molar-refractivity contribution >= 4 is 11.6 Å². The van der Waals surface area contributed by atoms with Crippen LogP contribution in [0, 0.1) is 6.92 Å². The Bertz CT molecular complexity index is 526. The van der Waals surface area contributed by atoms with Crippen LogP contribution in [0.5, 0.6) is 0 Å². The zero-order chi connectivity index (χ0) is 12.4. The number of aliphatic hydroxyl groups is 1. The van der Waals surface area contributed by atoms with E-state index in [9.17, 15) is 5.11 Å². The van der Waals surface area contributed by atoms with E-state index >= 15 is 0 Å². The van der Waals surface area contributed by atoms with Crippen LogP contribution in [0.15, 0.2) is 18.2 Å². The van der Waals surface area contributed by atoms with Crippen molar-refractivity contribution in [2.45, 2.75) is 19.4 Å². The van der Waals surface area contributed by atoms with E-state index in [0.717, 1.165) is 5.56 Å². The SMILES string of the molecule is Cc1cccc(C(O)Cc2nnn(C)n2)c1Cl. The normalized spacial score (nSPS) is 12.7. The molecule has 0 bridgehead atoms. The predicted octanol–water partition coefficient (Wildman–Crippen LogP) is 1.45. The molecule has 0 aliphatic heterocycles. The van der Waals surface area contributed by atoms with E-state index in [-0.39, 0.29) is 0 Å². The minimum absolute atomic E-state index is 0.303. The van der Waals surface area contributed by atoms with Gasteiger partial charge in [0.25, 0.3) is 0 Å². The van der Waals surface area contributed by atoms with Gasteiger partial charge in [0, 0.05) is 11.4 Å². The fraction of sp³-hybridized carbons (Fsp3) is 0.364. The summed E-state index contributed by atoms with van der Waals surface area (Å²) in [7, 11) is 1.68. The second kappa shape index (κ2) is 4.81. The molecule has 0 saturated heterocycles. The molecule has 1 heterocycles. The average Bonchev–Trinajstić information content (AvgIpc) is 2.68. The molecule has 2 rings (SSSR count). The molecule has 0 radical (unpaired) electrons. The number of aliphatic hydroxyl groups excluding tert-OH is 1. The molecule has 0 fully saturated rings. The van der Waals surface area contributed by atoms with E-state index in [1.54, 1.807) is 13.1 Å². The Morgan fingerprint density at radius 2 is 2.24 bits per heavy atom. The van der Waals surface area contributed by atoms with Crippen LogP contribution in [0.3, 0.4) is 0 Å². The van der Waals surface area contributed by atoms with Crippen LogP contribution in [-0.2, 0) is 13.5 Å². The maximum Gasteiger partial charge on any atom is 0.177 e. The van der Waals surface area contributed by atoms with Gasteiger partial charge in [-0.15, -0.1) is 10.2 Å². The summed E-state index contributed by atoms with van der Waals surface area (Å²) in [6.07, 6.45) is -0.414. The molecule has 0 aliphatic rings. The van der Waals surface area contributed by atoms with Gasteiger partial charge >= 0.3 is 0 Å². The zero-order valence-electron chi connectivity index (χ0n) is 9.63. The van der Waals surface area contributed by atoms with Crippen molar-refractivity contribution in [2.24, 2.45) is 7.05 Å². The van der Waals surface area contributed by atoms with E-state index in [1.807, 2.05) is 19.1 Å². The molecule has 1 unspecified atom stereocenters. The van der Waals surface area contributed by atoms with Crippen molar-refractivity contribution < 1.29 is 5.11 Å². The van der Waals surface area contributed by atoms with E-state index in [4.69, 9.17) is 11.6 Å². The molecule has 1 atom stereocenters. The number of rotatable bonds is 3. The Hall–Kier alpha value is -1.46. The first kappa shape index (κ1) is 12.0. The van der Waals surface area contributed by atoms with Crippen molar-refractivity contribution in [3.05, 3.63) is 40.2 Å². The minimum Gasteiger partial charge on any atom is -0.388 e. The molecule has 2 aromatic rings. The number of hydrogen-bond acceptors (Lipinski definition) is 4. The lowest BCUT2D eigenvalue weighted by molar-refractivity contribution is 0.176. The average molecular weight is 253 g/mol. The molecule has 0 spiro atoms. The molecular weight excluding hydrogens is 240 g/mol. The van der Waals surface area contributed by atoms with E-state index in [2.05, 4.69) is 15.4 Å². The zero-order valence-corrected chi connectivity index (χ0v) is 10.4. The standard InChI is InChI=1S/C11H13ClN4O/c1-7-4-3-5-8(11(7)12)9(17)6-10-13-15-16(2)14-10/h3-5,9,17H,6H2,1-2H3. The summed E-state index contributed by atoms with van der Waals surface area (Å²) >= 11 is 6.14. The van der Waals surface area contributed by atoms with Crippen LogP contribution in [0.4, 0.5) is 0 Å². The lowest BCUT2D eigenvalue weighted by Crippen LogP contribution is -2.05. The van der Waals surface area contributed by atoms with Crippen LogP contribution < -0.4 is 0 Å². The number of aryl methyl sites for hydroxylation is 2. The van der Waals surface area contributed by atoms with Crippen molar-refractivity contribution in [1.29, 1.82) is 0 Å². The van der Waals surface area contributed by atoms with Gasteiger partial charge in [-0.05, 0) is 23.3 Å². The quantitative estimate of drug-likeness (QED) is 0.898. The second-order valence-corrected chi connectivity index (χ2v) is 4.27. The number of tetrazole rings is 1. The van der Waals surface area contributed by atoms with E-state index in [0.29, 0.717) is 22.8 Å². The number of nitrogens with zero attached hydrogens (tertiary/aromatic N) is 4. The van der Waals surface area contributed by atoms with Gasteiger partial charge in [0.2, 0.25) is 0 Å². The van der Waals surface area contributed by atoms with Gasteiger partial charge in [-0.2, -0.15) is 4.80 Å². The number of benzene rings is 1. The summed E-state index contributed by atoms with van der Waals surface area (Å²) in [6.45, 7) is 1.90. The molecule has 0 amide bonds. The van der Waals surface area contributed by atoms with E-state index in [1.165, 1.54) is 4.80 Å². The highest BCUT2D eigenvalue weighted by atomic mass is 35.5. The molecule has 0 saturated carbocycles. The molecule has 6 heteroatoms. The molecule has 5 nitrogen and oxygen atoms in total. The van der Waals surface area contributed by atoms with Crippen molar-refractivity contribution in [3.63, 3.8) is 0 Å². The summed E-state index contributed by atoms with van der Waals surface area (Å²) in [6, 6.07) is 5.57. The summed E-state index contributed by atoms with van der Waals surface area (Å²) < 4.78 is 0. The fourth-order valence-electron chi connectivity index (χ4n) is 1.62. The van der Waals surface area contributed by atoms with Gasteiger partial charge in [0.1, 0.15) is 0 Å². The van der Waals surface area contributed by atoms with Crippen molar-refractivity contribution in [1.82, 2.24) is 20.2 Å². The van der Waals surface area contributed by atoms with Gasteiger partial charge in [0.05, 0.1) is 13.2 Å². The number of hydrogen-bond donors (Lipinski definition) is 1. The first-order valence-corrected chi connectivity index (χ1v) is 5.61. The van der Waals surface area contributed by atoms with Gasteiger partial charge < -0.3 is 5.11 Å². The summed E-state index contributed by atoms with van der Waals surface area (Å²) in [5.41, 5.74) is 1.63. The van der Waals surface area contributed by atoms with Crippen LogP contribution in [-0.4, -0.2) is 25.3 Å². The summed E-state index contributed by atoms with van der Waals surface area (Å²) in [5, 5.41) is 22.2. The Kier molecular flexibility index (Phi) is 3.40. The maximum atomic E-state index is 10.1. The minimum atomic E-state index is -0.716. The van der Waals surface area contributed by atoms with Crippen LogP contribution in [0.1, 0.15) is 23.1 Å². The van der Waals surface area contributed by atoms with Gasteiger partial charge in [0.15, 0.2) is 5.82 Å².